The van der Waals surface area contributed by atoms with Gasteiger partial charge in [0.2, 0.25) is 0 Å². The molecule has 0 aromatic heterocycles. The van der Waals surface area contributed by atoms with Crippen molar-refractivity contribution in [2.45, 2.75) is 72.9 Å². The van der Waals surface area contributed by atoms with Gasteiger partial charge in [0, 0.05) is 0 Å². The second kappa shape index (κ2) is 9.29. The van der Waals surface area contributed by atoms with E-state index in [1.807, 2.05) is 25.2 Å². The standard InChI is InChI=1S/C23H36N2O/c1-7-23(24,25)21(26)16-18(3)11-8-10-17(2)13-14-20-19(4)12-9-15-22(20,5)6/h8,10-11,13-14,16H,7,9,12,15,24-25H2,1-6H3. The monoisotopic (exact) mass is 356 g/mol. The molecule has 3 heteroatoms. The van der Waals surface area contributed by atoms with E-state index in [0.717, 1.165) is 5.57 Å². The van der Waals surface area contributed by atoms with Gasteiger partial charge in [0.1, 0.15) is 5.66 Å². The summed E-state index contributed by atoms with van der Waals surface area (Å²) in [5, 5.41) is 0. The van der Waals surface area contributed by atoms with Crippen molar-refractivity contribution in [3.05, 3.63) is 58.7 Å². The highest BCUT2D eigenvalue weighted by Crippen LogP contribution is 2.40. The third-order valence-corrected chi connectivity index (χ3v) is 5.18. The third kappa shape index (κ3) is 6.54. The van der Waals surface area contributed by atoms with Gasteiger partial charge in [-0.25, -0.2) is 0 Å². The number of rotatable bonds is 7. The van der Waals surface area contributed by atoms with E-state index >= 15 is 0 Å². The molecule has 1 aliphatic carbocycles. The molecule has 1 aliphatic rings. The Bertz CT molecular complexity index is 670. The van der Waals surface area contributed by atoms with Crippen LogP contribution in [0.5, 0.6) is 0 Å². The van der Waals surface area contributed by atoms with Crippen molar-refractivity contribution < 1.29 is 4.79 Å². The van der Waals surface area contributed by atoms with Gasteiger partial charge in [0.25, 0.3) is 0 Å². The van der Waals surface area contributed by atoms with Crippen LogP contribution in [0.3, 0.4) is 0 Å². The summed E-state index contributed by atoms with van der Waals surface area (Å²) >= 11 is 0. The van der Waals surface area contributed by atoms with E-state index in [1.54, 1.807) is 6.92 Å². The zero-order valence-corrected chi connectivity index (χ0v) is 17.4. The molecule has 0 unspecified atom stereocenters. The molecule has 0 spiro atoms. The Morgan fingerprint density at radius 3 is 2.42 bits per heavy atom. The Morgan fingerprint density at radius 2 is 1.85 bits per heavy atom. The van der Waals surface area contributed by atoms with E-state index in [0.29, 0.717) is 6.42 Å². The minimum atomic E-state index is -1.28. The second-order valence-electron chi connectivity index (χ2n) is 8.18. The molecule has 1 rings (SSSR count). The van der Waals surface area contributed by atoms with Crippen molar-refractivity contribution in [3.63, 3.8) is 0 Å². The fraction of sp³-hybridized carbons (Fsp3) is 0.522. The number of allylic oxidation sites excluding steroid dienone is 9. The lowest BCUT2D eigenvalue weighted by atomic mass is 9.72. The van der Waals surface area contributed by atoms with Crippen molar-refractivity contribution in [2.24, 2.45) is 16.9 Å². The molecule has 0 fully saturated rings. The first kappa shape index (κ1) is 22.3. The van der Waals surface area contributed by atoms with E-state index in [4.69, 9.17) is 11.5 Å². The topological polar surface area (TPSA) is 69.1 Å². The number of carbonyl (C=O) groups excluding carboxylic acids is 1. The van der Waals surface area contributed by atoms with E-state index in [1.165, 1.54) is 42.1 Å². The SMILES string of the molecule is CCC(N)(N)C(=O)C=C(C)C=CC=C(C)C=CC1=C(C)CCCC1(C)C. The predicted molar refractivity (Wildman–Crippen MR) is 113 cm³/mol. The molecule has 0 amide bonds. The summed E-state index contributed by atoms with van der Waals surface area (Å²) in [7, 11) is 0. The highest BCUT2D eigenvalue weighted by molar-refractivity contribution is 5.97. The normalized spacial score (nSPS) is 19.7. The summed E-state index contributed by atoms with van der Waals surface area (Å²) < 4.78 is 0. The molecule has 144 valence electrons. The molecule has 0 radical (unpaired) electrons. The predicted octanol–water partition coefficient (Wildman–Crippen LogP) is 5.11. The van der Waals surface area contributed by atoms with Gasteiger partial charge in [-0.15, -0.1) is 0 Å². The Morgan fingerprint density at radius 1 is 1.19 bits per heavy atom. The highest BCUT2D eigenvalue weighted by atomic mass is 16.1. The van der Waals surface area contributed by atoms with E-state index < -0.39 is 5.66 Å². The van der Waals surface area contributed by atoms with Crippen LogP contribution in [0.1, 0.15) is 67.2 Å². The lowest BCUT2D eigenvalue weighted by molar-refractivity contribution is -0.119. The maximum Gasteiger partial charge on any atom is 0.190 e. The first-order valence-electron chi connectivity index (χ1n) is 9.53. The Hall–Kier alpha value is -1.71. The fourth-order valence-corrected chi connectivity index (χ4v) is 3.20. The molecule has 0 saturated heterocycles. The van der Waals surface area contributed by atoms with Crippen molar-refractivity contribution in [2.75, 3.05) is 0 Å². The van der Waals surface area contributed by atoms with Gasteiger partial charge in [-0.3, -0.25) is 4.79 Å². The smallest absolute Gasteiger partial charge is 0.190 e. The largest absolute Gasteiger partial charge is 0.307 e. The number of nitrogens with two attached hydrogens (primary N) is 2. The van der Waals surface area contributed by atoms with Gasteiger partial charge in [-0.2, -0.15) is 0 Å². The van der Waals surface area contributed by atoms with Crippen molar-refractivity contribution in [1.29, 1.82) is 0 Å². The van der Waals surface area contributed by atoms with Gasteiger partial charge < -0.3 is 11.5 Å². The summed E-state index contributed by atoms with van der Waals surface area (Å²) in [5.74, 6) is -0.246. The zero-order chi connectivity index (χ0) is 20.0. The van der Waals surface area contributed by atoms with Crippen LogP contribution >= 0.6 is 0 Å². The van der Waals surface area contributed by atoms with Crippen LogP contribution in [0, 0.1) is 5.41 Å². The van der Waals surface area contributed by atoms with E-state index in [9.17, 15) is 4.79 Å². The van der Waals surface area contributed by atoms with E-state index in [-0.39, 0.29) is 11.2 Å². The van der Waals surface area contributed by atoms with Crippen molar-refractivity contribution >= 4 is 5.78 Å². The quantitative estimate of drug-likeness (QED) is 0.378. The molecule has 26 heavy (non-hydrogen) atoms. The van der Waals surface area contributed by atoms with Crippen LogP contribution in [-0.2, 0) is 4.79 Å². The molecule has 0 aromatic carbocycles. The fourth-order valence-electron chi connectivity index (χ4n) is 3.20. The average Bonchev–Trinajstić information content (AvgIpc) is 2.53. The van der Waals surface area contributed by atoms with Crippen LogP contribution in [0.15, 0.2) is 58.7 Å². The summed E-state index contributed by atoms with van der Waals surface area (Å²) in [6, 6.07) is 0. The molecule has 0 aromatic rings. The number of ketones is 1. The molecule has 3 nitrogen and oxygen atoms in total. The van der Waals surface area contributed by atoms with Gasteiger partial charge in [0.05, 0.1) is 0 Å². The van der Waals surface area contributed by atoms with Crippen LogP contribution < -0.4 is 11.5 Å². The van der Waals surface area contributed by atoms with Gasteiger partial charge in [0.15, 0.2) is 5.78 Å². The highest BCUT2D eigenvalue weighted by Gasteiger charge is 2.26. The first-order chi connectivity index (χ1) is 12.0. The minimum absolute atomic E-state index is 0.246. The molecule has 0 saturated carbocycles. The van der Waals surface area contributed by atoms with E-state index in [2.05, 4.69) is 39.8 Å². The number of hydrogen-bond acceptors (Lipinski definition) is 3. The van der Waals surface area contributed by atoms with Crippen LogP contribution in [0.4, 0.5) is 0 Å². The molecular weight excluding hydrogens is 320 g/mol. The minimum Gasteiger partial charge on any atom is -0.307 e. The van der Waals surface area contributed by atoms with Crippen LogP contribution in [0.2, 0.25) is 0 Å². The van der Waals surface area contributed by atoms with Gasteiger partial charge in [-0.05, 0) is 69.1 Å². The lowest BCUT2D eigenvalue weighted by Crippen LogP contribution is -2.55. The summed E-state index contributed by atoms with van der Waals surface area (Å²) in [4.78, 5) is 12.0. The van der Waals surface area contributed by atoms with Crippen molar-refractivity contribution in [3.8, 4) is 0 Å². The van der Waals surface area contributed by atoms with Gasteiger partial charge in [-0.1, -0.05) is 62.3 Å². The average molecular weight is 357 g/mol. The lowest BCUT2D eigenvalue weighted by Gasteiger charge is -2.32. The Kier molecular flexibility index (Phi) is 7.98. The van der Waals surface area contributed by atoms with Crippen LogP contribution in [-0.4, -0.2) is 11.4 Å². The maximum absolute atomic E-state index is 12.0. The van der Waals surface area contributed by atoms with Crippen LogP contribution in [0.25, 0.3) is 0 Å². The molecular formula is C23H36N2O. The summed E-state index contributed by atoms with van der Waals surface area (Å²) in [5.41, 5.74) is 15.5. The maximum atomic E-state index is 12.0. The van der Waals surface area contributed by atoms with Crippen molar-refractivity contribution in [1.82, 2.24) is 0 Å². The summed E-state index contributed by atoms with van der Waals surface area (Å²) in [6.45, 7) is 12.7. The molecule has 4 N–H and O–H groups in total. The Labute approximate surface area is 159 Å². The summed E-state index contributed by atoms with van der Waals surface area (Å²) in [6.07, 6.45) is 16.0. The molecule has 0 atom stereocenters. The Balaban J connectivity index is 2.79. The molecule has 0 heterocycles. The second-order valence-corrected chi connectivity index (χ2v) is 8.18. The molecule has 0 bridgehead atoms. The van der Waals surface area contributed by atoms with Gasteiger partial charge >= 0.3 is 0 Å². The zero-order valence-electron chi connectivity index (χ0n) is 17.4. The number of hydrogen-bond donors (Lipinski definition) is 2. The number of carbonyl (C=O) groups is 1. The first-order valence-corrected chi connectivity index (χ1v) is 9.53. The molecule has 0 aliphatic heterocycles. The third-order valence-electron chi connectivity index (χ3n) is 5.18.